The van der Waals surface area contributed by atoms with E-state index in [-0.39, 0.29) is 5.92 Å². The smallest absolute Gasteiger partial charge is 0.316 e. The Morgan fingerprint density at radius 1 is 1.14 bits per heavy atom. The zero-order valence-corrected chi connectivity index (χ0v) is 15.9. The standard InChI is InChI=1S/C21H20N4O3/c1-12(2)11-25-17-9-8-14(10-16(17)22-19(26)21(25)27)18-23-20(28-24-18)15-7-5-4-6-13(15)3/h4-10,12H,11H2,1-3H3,(H,22,26). The van der Waals surface area contributed by atoms with Crippen LogP contribution in [0.1, 0.15) is 19.4 Å². The minimum atomic E-state index is -0.640. The molecule has 0 aliphatic heterocycles. The van der Waals surface area contributed by atoms with E-state index in [1.54, 1.807) is 12.1 Å². The lowest BCUT2D eigenvalue weighted by Crippen LogP contribution is -2.37. The zero-order chi connectivity index (χ0) is 19.8. The van der Waals surface area contributed by atoms with Crippen molar-refractivity contribution in [3.63, 3.8) is 0 Å². The van der Waals surface area contributed by atoms with Crippen LogP contribution >= 0.6 is 0 Å². The van der Waals surface area contributed by atoms with Gasteiger partial charge >= 0.3 is 11.1 Å². The molecule has 1 N–H and O–H groups in total. The van der Waals surface area contributed by atoms with Gasteiger partial charge in [-0.05, 0) is 42.7 Å². The minimum Gasteiger partial charge on any atom is -0.334 e. The molecule has 7 nitrogen and oxygen atoms in total. The molecule has 0 unspecified atom stereocenters. The van der Waals surface area contributed by atoms with E-state index in [4.69, 9.17) is 4.52 Å². The zero-order valence-electron chi connectivity index (χ0n) is 15.9. The second kappa shape index (κ2) is 6.92. The lowest BCUT2D eigenvalue weighted by Gasteiger charge is -2.12. The van der Waals surface area contributed by atoms with Gasteiger partial charge in [0.1, 0.15) is 0 Å². The molecule has 0 saturated carbocycles. The van der Waals surface area contributed by atoms with E-state index in [0.29, 0.717) is 34.9 Å². The van der Waals surface area contributed by atoms with Crippen LogP contribution in [0.15, 0.2) is 56.6 Å². The van der Waals surface area contributed by atoms with Crippen LogP contribution in [0.4, 0.5) is 0 Å². The number of fused-ring (bicyclic) bond motifs is 1. The highest BCUT2D eigenvalue weighted by Crippen LogP contribution is 2.26. The molecule has 2 heterocycles. The van der Waals surface area contributed by atoms with Crippen molar-refractivity contribution in [2.24, 2.45) is 5.92 Å². The summed E-state index contributed by atoms with van der Waals surface area (Å²) in [7, 11) is 0. The Morgan fingerprint density at radius 2 is 1.93 bits per heavy atom. The summed E-state index contributed by atoms with van der Waals surface area (Å²) in [6, 6.07) is 13.2. The normalized spacial score (nSPS) is 11.4. The predicted molar refractivity (Wildman–Crippen MR) is 107 cm³/mol. The van der Waals surface area contributed by atoms with Crippen molar-refractivity contribution in [2.75, 3.05) is 0 Å². The summed E-state index contributed by atoms with van der Waals surface area (Å²) in [4.78, 5) is 31.5. The maximum Gasteiger partial charge on any atom is 0.316 e. The van der Waals surface area contributed by atoms with Gasteiger partial charge in [-0.3, -0.25) is 9.59 Å². The summed E-state index contributed by atoms with van der Waals surface area (Å²) in [6.07, 6.45) is 0. The molecule has 142 valence electrons. The van der Waals surface area contributed by atoms with Gasteiger partial charge in [-0.25, -0.2) is 0 Å². The first kappa shape index (κ1) is 17.9. The first-order valence-electron chi connectivity index (χ1n) is 9.11. The Hall–Kier alpha value is -3.48. The summed E-state index contributed by atoms with van der Waals surface area (Å²) >= 11 is 0. The van der Waals surface area contributed by atoms with Crippen molar-refractivity contribution < 1.29 is 4.52 Å². The fraction of sp³-hybridized carbons (Fsp3) is 0.238. The summed E-state index contributed by atoms with van der Waals surface area (Å²) in [5, 5.41) is 4.07. The quantitative estimate of drug-likeness (QED) is 0.551. The molecule has 28 heavy (non-hydrogen) atoms. The molecule has 0 amide bonds. The van der Waals surface area contributed by atoms with E-state index in [1.807, 2.05) is 51.1 Å². The molecule has 0 aliphatic carbocycles. The lowest BCUT2D eigenvalue weighted by molar-refractivity contribution is 0.432. The molecule has 0 radical (unpaired) electrons. The third-order valence-corrected chi connectivity index (χ3v) is 4.58. The maximum absolute atomic E-state index is 12.2. The van der Waals surface area contributed by atoms with Crippen LogP contribution in [0, 0.1) is 12.8 Å². The van der Waals surface area contributed by atoms with Gasteiger partial charge in [0.15, 0.2) is 0 Å². The predicted octanol–water partition coefficient (Wildman–Crippen LogP) is 3.37. The van der Waals surface area contributed by atoms with Gasteiger partial charge in [0.2, 0.25) is 5.82 Å². The number of nitrogens with zero attached hydrogens (tertiary/aromatic N) is 3. The third-order valence-electron chi connectivity index (χ3n) is 4.58. The van der Waals surface area contributed by atoms with Crippen LogP contribution in [0.25, 0.3) is 33.9 Å². The van der Waals surface area contributed by atoms with Crippen molar-refractivity contribution >= 4 is 11.0 Å². The van der Waals surface area contributed by atoms with Gasteiger partial charge in [-0.2, -0.15) is 4.98 Å². The number of hydrogen-bond donors (Lipinski definition) is 1. The second-order valence-corrected chi connectivity index (χ2v) is 7.23. The number of rotatable bonds is 4. The van der Waals surface area contributed by atoms with Crippen LogP contribution in [-0.2, 0) is 6.54 Å². The minimum absolute atomic E-state index is 0.233. The lowest BCUT2D eigenvalue weighted by atomic mass is 10.1. The van der Waals surface area contributed by atoms with E-state index < -0.39 is 11.1 Å². The molecule has 0 spiro atoms. The van der Waals surface area contributed by atoms with Gasteiger partial charge in [-0.15, -0.1) is 0 Å². The monoisotopic (exact) mass is 376 g/mol. The topological polar surface area (TPSA) is 93.8 Å². The van der Waals surface area contributed by atoms with Crippen LogP contribution in [0.5, 0.6) is 0 Å². The molecule has 2 aromatic carbocycles. The molecule has 0 aliphatic rings. The van der Waals surface area contributed by atoms with E-state index in [0.717, 1.165) is 11.1 Å². The number of aromatic nitrogens is 4. The average molecular weight is 376 g/mol. The van der Waals surface area contributed by atoms with E-state index >= 15 is 0 Å². The van der Waals surface area contributed by atoms with Crippen molar-refractivity contribution in [1.82, 2.24) is 19.7 Å². The molecular weight excluding hydrogens is 356 g/mol. The Balaban J connectivity index is 1.81. The fourth-order valence-corrected chi connectivity index (χ4v) is 3.23. The van der Waals surface area contributed by atoms with Gasteiger partial charge in [0.05, 0.1) is 11.0 Å². The molecule has 0 saturated heterocycles. The Morgan fingerprint density at radius 3 is 2.68 bits per heavy atom. The maximum atomic E-state index is 12.2. The van der Waals surface area contributed by atoms with Crippen molar-refractivity contribution in [3.05, 3.63) is 68.7 Å². The van der Waals surface area contributed by atoms with Crippen LogP contribution in [0.3, 0.4) is 0 Å². The number of nitrogens with one attached hydrogen (secondary N) is 1. The summed E-state index contributed by atoms with van der Waals surface area (Å²) in [6.45, 7) is 6.45. The Kier molecular flexibility index (Phi) is 4.43. The first-order chi connectivity index (χ1) is 13.4. The van der Waals surface area contributed by atoms with Crippen molar-refractivity contribution in [1.29, 1.82) is 0 Å². The summed E-state index contributed by atoms with van der Waals surface area (Å²) in [5.74, 6) is 1.09. The van der Waals surface area contributed by atoms with Gasteiger partial charge in [0.25, 0.3) is 5.89 Å². The molecule has 2 aromatic heterocycles. The van der Waals surface area contributed by atoms with Crippen molar-refractivity contribution in [2.45, 2.75) is 27.3 Å². The van der Waals surface area contributed by atoms with Crippen LogP contribution in [-0.4, -0.2) is 19.7 Å². The van der Waals surface area contributed by atoms with Crippen molar-refractivity contribution in [3.8, 4) is 22.8 Å². The molecule has 7 heteroatoms. The fourth-order valence-electron chi connectivity index (χ4n) is 3.23. The number of H-pyrrole nitrogens is 1. The number of aromatic amines is 1. The summed E-state index contributed by atoms with van der Waals surface area (Å²) < 4.78 is 6.94. The molecule has 0 atom stereocenters. The van der Waals surface area contributed by atoms with Crippen LogP contribution < -0.4 is 11.1 Å². The molecular formula is C21H20N4O3. The van der Waals surface area contributed by atoms with E-state index in [9.17, 15) is 9.59 Å². The number of benzene rings is 2. The largest absolute Gasteiger partial charge is 0.334 e. The molecule has 0 fully saturated rings. The average Bonchev–Trinajstić information content (AvgIpc) is 3.15. The number of hydrogen-bond acceptors (Lipinski definition) is 5. The Labute approximate surface area is 160 Å². The number of aryl methyl sites for hydroxylation is 1. The highest BCUT2D eigenvalue weighted by atomic mass is 16.5. The highest BCUT2D eigenvalue weighted by molar-refractivity contribution is 5.80. The van der Waals surface area contributed by atoms with E-state index in [2.05, 4.69) is 15.1 Å². The molecule has 4 rings (SSSR count). The van der Waals surface area contributed by atoms with Crippen LogP contribution in [0.2, 0.25) is 0 Å². The highest BCUT2D eigenvalue weighted by Gasteiger charge is 2.14. The Bertz CT molecular complexity index is 1280. The summed E-state index contributed by atoms with van der Waals surface area (Å²) in [5.41, 5.74) is 2.66. The second-order valence-electron chi connectivity index (χ2n) is 7.23. The van der Waals surface area contributed by atoms with Gasteiger partial charge in [0, 0.05) is 17.7 Å². The third kappa shape index (κ3) is 3.15. The SMILES string of the molecule is Cc1ccccc1-c1nc(-c2ccc3c(c2)[nH]c(=O)c(=O)n3CC(C)C)no1. The van der Waals surface area contributed by atoms with Gasteiger partial charge in [-0.1, -0.05) is 37.2 Å². The van der Waals surface area contributed by atoms with E-state index in [1.165, 1.54) is 4.57 Å². The first-order valence-corrected chi connectivity index (χ1v) is 9.11. The molecule has 0 bridgehead atoms. The van der Waals surface area contributed by atoms with Gasteiger partial charge < -0.3 is 14.1 Å². The molecule has 4 aromatic rings.